The number of aliphatic hydroxyl groups is 1. The molecular weight excluding hydrogens is 557 g/mol. The molecule has 3 N–H and O–H groups in total. The van der Waals surface area contributed by atoms with Crippen molar-refractivity contribution in [2.24, 2.45) is 5.73 Å². The van der Waals surface area contributed by atoms with Crippen LogP contribution in [-0.4, -0.2) is 35.9 Å². The van der Waals surface area contributed by atoms with Crippen molar-refractivity contribution in [2.75, 3.05) is 20.8 Å². The topological polar surface area (TPSA) is 90.5 Å². The first-order valence-corrected chi connectivity index (χ1v) is 14.8. The van der Waals surface area contributed by atoms with Crippen LogP contribution in [0.3, 0.4) is 0 Å². The molecule has 1 fully saturated rings. The van der Waals surface area contributed by atoms with Gasteiger partial charge in [0.1, 0.15) is 0 Å². The van der Waals surface area contributed by atoms with Crippen LogP contribution >= 0.6 is 23.2 Å². The maximum Gasteiger partial charge on any atom is 0.218 e. The molecule has 2 aromatic heterocycles. The molecule has 214 valence electrons. The van der Waals surface area contributed by atoms with Crippen molar-refractivity contribution in [3.8, 4) is 45.4 Å². The molecule has 8 heteroatoms. The zero-order valence-corrected chi connectivity index (χ0v) is 24.9. The van der Waals surface area contributed by atoms with Gasteiger partial charge in [-0.25, -0.2) is 9.97 Å². The van der Waals surface area contributed by atoms with E-state index < -0.39 is 0 Å². The van der Waals surface area contributed by atoms with Crippen LogP contribution in [0.15, 0.2) is 60.7 Å². The molecule has 1 aliphatic carbocycles. The van der Waals surface area contributed by atoms with Gasteiger partial charge in [0.25, 0.3) is 0 Å². The molecule has 0 saturated heterocycles. The van der Waals surface area contributed by atoms with Crippen molar-refractivity contribution in [1.29, 1.82) is 0 Å². The maximum absolute atomic E-state index is 9.17. The average molecular weight is 593 g/mol. The Labute approximate surface area is 251 Å². The summed E-state index contributed by atoms with van der Waals surface area (Å²) in [5.41, 5.74) is 12.8. The monoisotopic (exact) mass is 591 g/mol. The predicted octanol–water partition coefficient (Wildman–Crippen LogP) is 8.23. The number of halogens is 2. The van der Waals surface area contributed by atoms with Crippen molar-refractivity contribution in [1.82, 2.24) is 9.97 Å². The summed E-state index contributed by atoms with van der Waals surface area (Å²) in [6, 6.07) is 19.4. The fourth-order valence-corrected chi connectivity index (χ4v) is 6.35. The Bertz CT molecular complexity index is 1520. The normalized spacial score (nSPS) is 14.3. The van der Waals surface area contributed by atoms with Gasteiger partial charge in [0, 0.05) is 46.0 Å². The number of hydrogen-bond acceptors (Lipinski definition) is 6. The Kier molecular flexibility index (Phi) is 9.46. The molecule has 1 atom stereocenters. The van der Waals surface area contributed by atoms with E-state index in [1.54, 1.807) is 14.2 Å². The molecule has 0 spiro atoms. The Morgan fingerprint density at radius 3 is 1.90 bits per heavy atom. The molecule has 41 heavy (non-hydrogen) atoms. The SMILES string of the molecule is COc1nc(-c2cccc(-c3cccc(-c4ccc([C@@H](N)CCCO)c(OC)n4)c3Cl)c2Cl)ccc1C1CCCC1. The number of benzene rings is 2. The lowest BCUT2D eigenvalue weighted by molar-refractivity contribution is 0.279. The second kappa shape index (κ2) is 13.2. The fourth-order valence-electron chi connectivity index (χ4n) is 5.70. The van der Waals surface area contributed by atoms with Gasteiger partial charge >= 0.3 is 0 Å². The zero-order valence-electron chi connectivity index (χ0n) is 23.4. The highest BCUT2D eigenvalue weighted by molar-refractivity contribution is 6.39. The quantitative estimate of drug-likeness (QED) is 0.193. The smallest absolute Gasteiger partial charge is 0.218 e. The van der Waals surface area contributed by atoms with Crippen LogP contribution in [0.4, 0.5) is 0 Å². The zero-order chi connectivity index (χ0) is 28.9. The minimum Gasteiger partial charge on any atom is -0.481 e. The molecule has 0 bridgehead atoms. The van der Waals surface area contributed by atoms with Gasteiger partial charge in [-0.1, -0.05) is 78.5 Å². The van der Waals surface area contributed by atoms with Crippen LogP contribution in [0.2, 0.25) is 10.0 Å². The molecule has 0 aliphatic heterocycles. The van der Waals surface area contributed by atoms with Gasteiger partial charge in [0.05, 0.1) is 35.7 Å². The van der Waals surface area contributed by atoms with Crippen LogP contribution in [0.25, 0.3) is 33.6 Å². The molecule has 0 amide bonds. The van der Waals surface area contributed by atoms with Crippen LogP contribution < -0.4 is 15.2 Å². The Hall–Kier alpha value is -3.16. The number of aromatic nitrogens is 2. The van der Waals surface area contributed by atoms with E-state index in [2.05, 4.69) is 6.07 Å². The lowest BCUT2D eigenvalue weighted by Crippen LogP contribution is -2.13. The van der Waals surface area contributed by atoms with E-state index in [0.717, 1.165) is 33.5 Å². The molecule has 6 nitrogen and oxygen atoms in total. The first-order chi connectivity index (χ1) is 20.0. The highest BCUT2D eigenvalue weighted by atomic mass is 35.5. The Balaban J connectivity index is 1.51. The predicted molar refractivity (Wildman–Crippen MR) is 166 cm³/mol. The second-order valence-electron chi connectivity index (χ2n) is 10.4. The number of nitrogens with two attached hydrogens (primary N) is 1. The summed E-state index contributed by atoms with van der Waals surface area (Å²) < 4.78 is 11.3. The first kappa shape index (κ1) is 29.3. The molecule has 5 rings (SSSR count). The van der Waals surface area contributed by atoms with E-state index in [1.807, 2.05) is 54.6 Å². The summed E-state index contributed by atoms with van der Waals surface area (Å²) in [6.07, 6.45) is 6.06. The van der Waals surface area contributed by atoms with Crippen molar-refractivity contribution in [2.45, 2.75) is 50.5 Å². The minimum atomic E-state index is -0.290. The number of rotatable bonds is 10. The van der Waals surface area contributed by atoms with Crippen molar-refractivity contribution >= 4 is 23.2 Å². The van der Waals surface area contributed by atoms with E-state index >= 15 is 0 Å². The summed E-state index contributed by atoms with van der Waals surface area (Å²) in [6.45, 7) is 0.0864. The van der Waals surface area contributed by atoms with Gasteiger partial charge in [-0.2, -0.15) is 0 Å². The van der Waals surface area contributed by atoms with Gasteiger partial charge in [0.15, 0.2) is 0 Å². The molecule has 0 unspecified atom stereocenters. The summed E-state index contributed by atoms with van der Waals surface area (Å²) >= 11 is 14.1. The molecule has 2 aromatic carbocycles. The van der Waals surface area contributed by atoms with Crippen LogP contribution in [0.5, 0.6) is 11.8 Å². The minimum absolute atomic E-state index is 0.0864. The van der Waals surface area contributed by atoms with Crippen molar-refractivity contribution in [3.05, 3.63) is 81.8 Å². The van der Waals surface area contributed by atoms with Gasteiger partial charge in [0.2, 0.25) is 11.8 Å². The standard InChI is InChI=1S/C33H35Cl2N3O3/c1-40-32-21(20-8-3-4-9-20)15-17-28(37-32)25-12-5-10-22(30(25)34)23-11-6-13-26(31(23)35)29-18-16-24(33(38-29)41-2)27(36)14-7-19-39/h5-6,10-13,15-18,20,27,39H,3-4,7-9,14,19,36H2,1-2H3/t27-/m0/s1. The Morgan fingerprint density at radius 2 is 1.34 bits per heavy atom. The highest BCUT2D eigenvalue weighted by Gasteiger charge is 2.23. The average Bonchev–Trinajstić information content (AvgIpc) is 3.54. The number of aliphatic hydroxyl groups excluding tert-OH is 1. The molecule has 1 aliphatic rings. The maximum atomic E-state index is 9.17. The van der Waals surface area contributed by atoms with Crippen LogP contribution in [0, 0.1) is 0 Å². The third-order valence-electron chi connectivity index (χ3n) is 7.87. The van der Waals surface area contributed by atoms with E-state index in [0.29, 0.717) is 46.3 Å². The lowest BCUT2D eigenvalue weighted by atomic mass is 9.96. The number of pyridine rings is 2. The van der Waals surface area contributed by atoms with Crippen molar-refractivity contribution in [3.63, 3.8) is 0 Å². The molecule has 2 heterocycles. The Morgan fingerprint density at radius 1 is 0.805 bits per heavy atom. The second-order valence-corrected chi connectivity index (χ2v) is 11.1. The van der Waals surface area contributed by atoms with E-state index in [4.69, 9.17) is 48.4 Å². The van der Waals surface area contributed by atoms with Gasteiger partial charge < -0.3 is 20.3 Å². The number of methoxy groups -OCH3 is 2. The lowest BCUT2D eigenvalue weighted by Gasteiger charge is -2.17. The molecule has 4 aromatic rings. The first-order valence-electron chi connectivity index (χ1n) is 14.0. The van der Waals surface area contributed by atoms with Crippen molar-refractivity contribution < 1.29 is 14.6 Å². The number of hydrogen-bond donors (Lipinski definition) is 2. The largest absolute Gasteiger partial charge is 0.481 e. The van der Waals surface area contributed by atoms with Gasteiger partial charge in [-0.05, 0) is 49.8 Å². The van der Waals surface area contributed by atoms with E-state index in [-0.39, 0.29) is 12.6 Å². The molecule has 1 saturated carbocycles. The summed E-state index contributed by atoms with van der Waals surface area (Å²) in [7, 11) is 3.24. The highest BCUT2D eigenvalue weighted by Crippen LogP contribution is 2.44. The van der Waals surface area contributed by atoms with E-state index in [9.17, 15) is 5.11 Å². The molecule has 0 radical (unpaired) electrons. The number of ether oxygens (including phenoxy) is 2. The summed E-state index contributed by atoms with van der Waals surface area (Å²) in [5, 5.41) is 10.3. The number of nitrogens with zero attached hydrogens (tertiary/aromatic N) is 2. The third-order valence-corrected chi connectivity index (χ3v) is 8.69. The van der Waals surface area contributed by atoms with Gasteiger partial charge in [-0.3, -0.25) is 0 Å². The molecular formula is C33H35Cl2N3O3. The summed E-state index contributed by atoms with van der Waals surface area (Å²) in [5.74, 6) is 1.60. The van der Waals surface area contributed by atoms with Crippen LogP contribution in [-0.2, 0) is 0 Å². The fraction of sp³-hybridized carbons (Fsp3) is 0.333. The van der Waals surface area contributed by atoms with E-state index in [1.165, 1.54) is 31.2 Å². The van der Waals surface area contributed by atoms with Crippen LogP contribution in [0.1, 0.15) is 61.6 Å². The third kappa shape index (κ3) is 6.07. The van der Waals surface area contributed by atoms with Gasteiger partial charge in [-0.15, -0.1) is 0 Å². The summed E-state index contributed by atoms with van der Waals surface area (Å²) in [4.78, 5) is 9.59.